The van der Waals surface area contributed by atoms with E-state index in [1.54, 1.807) is 31.2 Å². The van der Waals surface area contributed by atoms with E-state index in [1.807, 2.05) is 25.1 Å². The second-order valence-electron chi connectivity index (χ2n) is 6.00. The lowest BCUT2D eigenvalue weighted by Crippen LogP contribution is -2.14. The van der Waals surface area contributed by atoms with Gasteiger partial charge in [-0.05, 0) is 49.7 Å². The Kier molecular flexibility index (Phi) is 6.10. The van der Waals surface area contributed by atoms with Crippen molar-refractivity contribution in [2.45, 2.75) is 24.5 Å². The molecule has 7 nitrogen and oxygen atoms in total. The number of rotatable bonds is 6. The number of benzene rings is 2. The molecule has 0 saturated heterocycles. The number of ether oxygens (including phenoxy) is 1. The van der Waals surface area contributed by atoms with Crippen LogP contribution in [-0.4, -0.2) is 29.1 Å². The third-order valence-electron chi connectivity index (χ3n) is 3.95. The van der Waals surface area contributed by atoms with Gasteiger partial charge >= 0.3 is 5.97 Å². The second-order valence-corrected chi connectivity index (χ2v) is 7.01. The topological polar surface area (TPSA) is 94.3 Å². The normalized spacial score (nSPS) is 10.5. The summed E-state index contributed by atoms with van der Waals surface area (Å²) in [7, 11) is 1.33. The van der Waals surface area contributed by atoms with Crippen LogP contribution >= 0.6 is 11.8 Å². The molecule has 0 spiro atoms. The first kappa shape index (κ1) is 19.6. The molecule has 1 N–H and O–H groups in total. The van der Waals surface area contributed by atoms with Crippen molar-refractivity contribution in [1.82, 2.24) is 10.1 Å². The van der Waals surface area contributed by atoms with E-state index < -0.39 is 5.97 Å². The summed E-state index contributed by atoms with van der Waals surface area (Å²) in [5.41, 5.74) is 2.37. The van der Waals surface area contributed by atoms with E-state index in [4.69, 9.17) is 9.26 Å². The van der Waals surface area contributed by atoms with Gasteiger partial charge in [-0.3, -0.25) is 4.79 Å². The number of nitrogens with one attached hydrogen (secondary N) is 1. The van der Waals surface area contributed by atoms with Gasteiger partial charge in [-0.2, -0.15) is 4.98 Å². The van der Waals surface area contributed by atoms with Gasteiger partial charge in [0.15, 0.2) is 5.82 Å². The van der Waals surface area contributed by atoms with Crippen molar-refractivity contribution in [3.8, 4) is 0 Å². The molecule has 0 aliphatic rings. The molecule has 0 bridgehead atoms. The van der Waals surface area contributed by atoms with Crippen molar-refractivity contribution in [2.24, 2.45) is 0 Å². The fourth-order valence-corrected chi connectivity index (χ4v) is 3.44. The van der Waals surface area contributed by atoms with E-state index in [0.717, 1.165) is 10.5 Å². The maximum atomic E-state index is 12.8. The third-order valence-corrected chi connectivity index (χ3v) is 5.01. The van der Waals surface area contributed by atoms with Gasteiger partial charge in [-0.15, -0.1) is 11.8 Å². The molecule has 0 saturated carbocycles. The van der Waals surface area contributed by atoms with Gasteiger partial charge in [-0.25, -0.2) is 4.79 Å². The molecule has 144 valence electrons. The standard InChI is InChI=1S/C20H19N3O4S/c1-12-10-14(20(25)26-3)8-9-16(12)22-19(24)15-6-4-5-7-17(15)28-11-18-21-13(2)23-27-18/h4-10H,11H2,1-3H3,(H,22,24). The lowest BCUT2D eigenvalue weighted by Gasteiger charge is -2.12. The average Bonchev–Trinajstić information content (AvgIpc) is 3.12. The lowest BCUT2D eigenvalue weighted by molar-refractivity contribution is 0.0600. The van der Waals surface area contributed by atoms with Crippen LogP contribution in [0, 0.1) is 13.8 Å². The summed E-state index contributed by atoms with van der Waals surface area (Å²) in [6.07, 6.45) is 0. The minimum Gasteiger partial charge on any atom is -0.465 e. The molecule has 1 amide bonds. The van der Waals surface area contributed by atoms with Crippen LogP contribution in [0.3, 0.4) is 0 Å². The number of amides is 1. The molecule has 0 fully saturated rings. The molecule has 28 heavy (non-hydrogen) atoms. The van der Waals surface area contributed by atoms with Crippen LogP contribution in [0.4, 0.5) is 5.69 Å². The first-order chi connectivity index (χ1) is 13.5. The number of methoxy groups -OCH3 is 1. The predicted molar refractivity (Wildman–Crippen MR) is 106 cm³/mol. The number of anilines is 1. The molecule has 0 aliphatic heterocycles. The van der Waals surface area contributed by atoms with Crippen LogP contribution in [0.2, 0.25) is 0 Å². The van der Waals surface area contributed by atoms with E-state index in [1.165, 1.54) is 18.9 Å². The summed E-state index contributed by atoms with van der Waals surface area (Å²) < 4.78 is 9.83. The zero-order valence-electron chi connectivity index (χ0n) is 15.7. The second kappa shape index (κ2) is 8.71. The molecule has 8 heteroatoms. The highest BCUT2D eigenvalue weighted by Gasteiger charge is 2.15. The van der Waals surface area contributed by atoms with Crippen LogP contribution < -0.4 is 5.32 Å². The van der Waals surface area contributed by atoms with E-state index in [-0.39, 0.29) is 5.91 Å². The molecule has 0 radical (unpaired) electrons. The van der Waals surface area contributed by atoms with Crippen molar-refractivity contribution >= 4 is 29.3 Å². The number of nitrogens with zero attached hydrogens (tertiary/aromatic N) is 2. The molecule has 3 rings (SSSR count). The molecule has 0 aliphatic carbocycles. The third kappa shape index (κ3) is 4.58. The van der Waals surface area contributed by atoms with Crippen molar-refractivity contribution in [3.63, 3.8) is 0 Å². The molecular formula is C20H19N3O4S. The summed E-state index contributed by atoms with van der Waals surface area (Å²) >= 11 is 1.45. The average molecular weight is 397 g/mol. The van der Waals surface area contributed by atoms with Gasteiger partial charge in [0.05, 0.1) is 24.0 Å². The summed E-state index contributed by atoms with van der Waals surface area (Å²) in [5.74, 6) is 0.898. The zero-order chi connectivity index (χ0) is 20.1. The summed E-state index contributed by atoms with van der Waals surface area (Å²) in [4.78, 5) is 29.4. The number of thioether (sulfide) groups is 1. The van der Waals surface area contributed by atoms with Crippen LogP contribution in [0.1, 0.15) is 38.0 Å². The first-order valence-electron chi connectivity index (χ1n) is 8.49. The number of aromatic nitrogens is 2. The molecule has 1 aromatic heterocycles. The van der Waals surface area contributed by atoms with Crippen LogP contribution in [0.5, 0.6) is 0 Å². The molecule has 1 heterocycles. The summed E-state index contributed by atoms with van der Waals surface area (Å²) in [6, 6.07) is 12.3. The van der Waals surface area contributed by atoms with Gasteiger partial charge in [0.25, 0.3) is 5.91 Å². The number of carbonyl (C=O) groups excluding carboxylic acids is 2. The maximum Gasteiger partial charge on any atom is 0.337 e. The largest absolute Gasteiger partial charge is 0.465 e. The van der Waals surface area contributed by atoms with Gasteiger partial charge in [0.2, 0.25) is 5.89 Å². The van der Waals surface area contributed by atoms with E-state index in [2.05, 4.69) is 15.5 Å². The van der Waals surface area contributed by atoms with Gasteiger partial charge < -0.3 is 14.6 Å². The van der Waals surface area contributed by atoms with Crippen LogP contribution in [0.25, 0.3) is 0 Å². The Labute approximate surface area is 166 Å². The highest BCUT2D eigenvalue weighted by molar-refractivity contribution is 7.98. The van der Waals surface area contributed by atoms with Crippen molar-refractivity contribution in [2.75, 3.05) is 12.4 Å². The molecule has 3 aromatic rings. The number of carbonyl (C=O) groups is 2. The fraction of sp³-hybridized carbons (Fsp3) is 0.200. The number of hydrogen-bond donors (Lipinski definition) is 1. The van der Waals surface area contributed by atoms with Crippen molar-refractivity contribution in [3.05, 3.63) is 70.9 Å². The zero-order valence-corrected chi connectivity index (χ0v) is 16.5. The highest BCUT2D eigenvalue weighted by Crippen LogP contribution is 2.27. The number of hydrogen-bond acceptors (Lipinski definition) is 7. The Bertz CT molecular complexity index is 1020. The number of esters is 1. The van der Waals surface area contributed by atoms with E-state index in [9.17, 15) is 9.59 Å². The quantitative estimate of drug-likeness (QED) is 0.496. The fourth-order valence-electron chi connectivity index (χ4n) is 2.56. The minimum absolute atomic E-state index is 0.237. The van der Waals surface area contributed by atoms with E-state index >= 15 is 0 Å². The predicted octanol–water partition coefficient (Wildman–Crippen LogP) is 4.02. The van der Waals surface area contributed by atoms with Crippen molar-refractivity contribution < 1.29 is 18.8 Å². The summed E-state index contributed by atoms with van der Waals surface area (Å²) in [5, 5.41) is 6.66. The maximum absolute atomic E-state index is 12.8. The molecule has 0 unspecified atom stereocenters. The van der Waals surface area contributed by atoms with Crippen LogP contribution in [0.15, 0.2) is 51.9 Å². The van der Waals surface area contributed by atoms with E-state index in [0.29, 0.717) is 34.3 Å². The SMILES string of the molecule is COC(=O)c1ccc(NC(=O)c2ccccc2SCc2nc(C)no2)c(C)c1. The first-order valence-corrected chi connectivity index (χ1v) is 9.48. The van der Waals surface area contributed by atoms with Gasteiger partial charge in [-0.1, -0.05) is 17.3 Å². The smallest absolute Gasteiger partial charge is 0.337 e. The van der Waals surface area contributed by atoms with Crippen molar-refractivity contribution in [1.29, 1.82) is 0 Å². The highest BCUT2D eigenvalue weighted by atomic mass is 32.2. The van der Waals surface area contributed by atoms with Gasteiger partial charge in [0, 0.05) is 10.6 Å². The minimum atomic E-state index is -0.418. The monoisotopic (exact) mass is 397 g/mol. The Morgan fingerprint density at radius 1 is 1.18 bits per heavy atom. The Morgan fingerprint density at radius 2 is 1.96 bits per heavy atom. The molecular weight excluding hydrogens is 378 g/mol. The lowest BCUT2D eigenvalue weighted by atomic mass is 10.1. The Hall–Kier alpha value is -3.13. The number of aryl methyl sites for hydroxylation is 2. The molecule has 2 aromatic carbocycles. The van der Waals surface area contributed by atoms with Gasteiger partial charge in [0.1, 0.15) is 0 Å². The van der Waals surface area contributed by atoms with Crippen LogP contribution in [-0.2, 0) is 10.5 Å². The molecule has 0 atom stereocenters. The summed E-state index contributed by atoms with van der Waals surface area (Å²) in [6.45, 7) is 3.58. The Balaban J connectivity index is 1.75. The Morgan fingerprint density at radius 3 is 2.64 bits per heavy atom.